The van der Waals surface area contributed by atoms with Crippen LogP contribution in [0, 0.1) is 12.7 Å². The van der Waals surface area contributed by atoms with Gasteiger partial charge in [0.2, 0.25) is 5.78 Å². The number of aryl methyl sites for hydroxylation is 1. The Morgan fingerprint density at radius 1 is 1.00 bits per heavy atom. The molecule has 0 atom stereocenters. The zero-order valence-electron chi connectivity index (χ0n) is 11.9. The summed E-state index contributed by atoms with van der Waals surface area (Å²) >= 11 is 0. The van der Waals surface area contributed by atoms with Crippen molar-refractivity contribution in [1.82, 2.24) is 0 Å². The molecule has 0 unspecified atom stereocenters. The SMILES string of the molecule is Cc1ccc(C(=O)/C=C/c2ccc(-c3ccc(F)cc3)o2)o1. The van der Waals surface area contributed by atoms with E-state index >= 15 is 0 Å². The largest absolute Gasteiger partial charge is 0.458 e. The zero-order valence-corrected chi connectivity index (χ0v) is 11.9. The lowest BCUT2D eigenvalue weighted by molar-refractivity contribution is 0.102. The third-order valence-corrected chi connectivity index (χ3v) is 3.14. The summed E-state index contributed by atoms with van der Waals surface area (Å²) in [5.41, 5.74) is 0.772. The standard InChI is InChI=1S/C18H13FO3/c1-12-2-10-18(21-12)16(20)9-7-15-8-11-17(22-15)13-3-5-14(19)6-4-13/h2-11H,1H3/b9-7+. The Hall–Kier alpha value is -2.88. The van der Waals surface area contributed by atoms with Crippen molar-refractivity contribution in [1.29, 1.82) is 0 Å². The average molecular weight is 296 g/mol. The van der Waals surface area contributed by atoms with Crippen molar-refractivity contribution in [3.8, 4) is 11.3 Å². The van der Waals surface area contributed by atoms with E-state index < -0.39 is 0 Å². The monoisotopic (exact) mass is 296 g/mol. The van der Waals surface area contributed by atoms with Crippen LogP contribution in [0.25, 0.3) is 17.4 Å². The maximum Gasteiger partial charge on any atom is 0.221 e. The molecule has 3 aromatic rings. The van der Waals surface area contributed by atoms with E-state index in [0.717, 1.165) is 5.56 Å². The second-order valence-electron chi connectivity index (χ2n) is 4.82. The summed E-state index contributed by atoms with van der Waals surface area (Å²) in [6.07, 6.45) is 2.97. The molecule has 0 bridgehead atoms. The van der Waals surface area contributed by atoms with Gasteiger partial charge in [-0.1, -0.05) is 0 Å². The highest BCUT2D eigenvalue weighted by Gasteiger charge is 2.07. The average Bonchev–Trinajstić information content (AvgIpc) is 3.15. The molecule has 0 aliphatic carbocycles. The third-order valence-electron chi connectivity index (χ3n) is 3.14. The number of ketones is 1. The molecule has 2 heterocycles. The molecule has 0 spiro atoms. The molecule has 1 aromatic carbocycles. The molecular formula is C18H13FO3. The van der Waals surface area contributed by atoms with Crippen LogP contribution in [-0.2, 0) is 0 Å². The molecule has 0 amide bonds. The lowest BCUT2D eigenvalue weighted by Gasteiger charge is -1.95. The molecule has 0 radical (unpaired) electrons. The molecule has 0 aliphatic heterocycles. The second kappa shape index (κ2) is 5.85. The van der Waals surface area contributed by atoms with Crippen LogP contribution >= 0.6 is 0 Å². The van der Waals surface area contributed by atoms with Crippen LogP contribution in [0.1, 0.15) is 22.1 Å². The summed E-state index contributed by atoms with van der Waals surface area (Å²) in [7, 11) is 0. The van der Waals surface area contributed by atoms with Gasteiger partial charge in [-0.3, -0.25) is 4.79 Å². The fraction of sp³-hybridized carbons (Fsp3) is 0.0556. The molecule has 0 fully saturated rings. The van der Waals surface area contributed by atoms with E-state index in [9.17, 15) is 9.18 Å². The van der Waals surface area contributed by atoms with Gasteiger partial charge in [0.1, 0.15) is 23.1 Å². The van der Waals surface area contributed by atoms with Crippen LogP contribution < -0.4 is 0 Å². The Morgan fingerprint density at radius 3 is 2.45 bits per heavy atom. The molecule has 2 aromatic heterocycles. The number of furan rings is 2. The summed E-state index contributed by atoms with van der Waals surface area (Å²) in [5.74, 6) is 1.60. The van der Waals surface area contributed by atoms with Gasteiger partial charge < -0.3 is 8.83 Å². The molecular weight excluding hydrogens is 283 g/mol. The van der Waals surface area contributed by atoms with Crippen molar-refractivity contribution in [2.75, 3.05) is 0 Å². The van der Waals surface area contributed by atoms with Crippen molar-refractivity contribution < 1.29 is 18.0 Å². The van der Waals surface area contributed by atoms with E-state index in [0.29, 0.717) is 23.0 Å². The molecule has 3 nitrogen and oxygen atoms in total. The van der Waals surface area contributed by atoms with E-state index in [2.05, 4.69) is 0 Å². The van der Waals surface area contributed by atoms with Crippen molar-refractivity contribution in [2.24, 2.45) is 0 Å². The van der Waals surface area contributed by atoms with Crippen LogP contribution in [0.2, 0.25) is 0 Å². The fourth-order valence-corrected chi connectivity index (χ4v) is 2.02. The van der Waals surface area contributed by atoms with Gasteiger partial charge in [0.25, 0.3) is 0 Å². The topological polar surface area (TPSA) is 43.4 Å². The summed E-state index contributed by atoms with van der Waals surface area (Å²) in [6, 6.07) is 12.9. The maximum absolute atomic E-state index is 12.9. The quantitative estimate of drug-likeness (QED) is 0.509. The predicted molar refractivity (Wildman–Crippen MR) is 80.9 cm³/mol. The molecule has 0 saturated heterocycles. The molecule has 0 saturated carbocycles. The Labute approximate surface area is 126 Å². The van der Waals surface area contributed by atoms with Crippen LogP contribution in [0.4, 0.5) is 4.39 Å². The first-order valence-corrected chi connectivity index (χ1v) is 6.76. The lowest BCUT2D eigenvalue weighted by atomic mass is 10.2. The van der Waals surface area contributed by atoms with Gasteiger partial charge in [-0.2, -0.15) is 0 Å². The zero-order chi connectivity index (χ0) is 15.5. The van der Waals surface area contributed by atoms with Gasteiger partial charge in [-0.25, -0.2) is 4.39 Å². The molecule has 22 heavy (non-hydrogen) atoms. The summed E-state index contributed by atoms with van der Waals surface area (Å²) in [6.45, 7) is 1.78. The molecule has 0 aliphatic rings. The van der Waals surface area contributed by atoms with Crippen LogP contribution in [0.15, 0.2) is 63.4 Å². The number of halogens is 1. The number of benzene rings is 1. The van der Waals surface area contributed by atoms with Gasteiger partial charge in [-0.15, -0.1) is 0 Å². The highest BCUT2D eigenvalue weighted by molar-refractivity contribution is 6.04. The van der Waals surface area contributed by atoms with Crippen molar-refractivity contribution >= 4 is 11.9 Å². The minimum absolute atomic E-state index is 0.229. The Morgan fingerprint density at radius 2 is 1.77 bits per heavy atom. The maximum atomic E-state index is 12.9. The summed E-state index contributed by atoms with van der Waals surface area (Å²) in [4.78, 5) is 11.9. The van der Waals surface area contributed by atoms with E-state index in [1.165, 1.54) is 18.2 Å². The van der Waals surface area contributed by atoms with E-state index in [-0.39, 0.29) is 11.6 Å². The Bertz CT molecular complexity index is 822. The van der Waals surface area contributed by atoms with Crippen LogP contribution in [0.5, 0.6) is 0 Å². The number of carbonyl (C=O) groups is 1. The smallest absolute Gasteiger partial charge is 0.221 e. The third kappa shape index (κ3) is 3.06. The van der Waals surface area contributed by atoms with Gasteiger partial charge in [0, 0.05) is 5.56 Å². The minimum Gasteiger partial charge on any atom is -0.458 e. The van der Waals surface area contributed by atoms with Crippen LogP contribution in [0.3, 0.4) is 0 Å². The minimum atomic E-state index is -0.297. The first kappa shape index (κ1) is 14.1. The van der Waals surface area contributed by atoms with E-state index in [1.807, 2.05) is 0 Å². The normalized spacial score (nSPS) is 11.2. The predicted octanol–water partition coefficient (Wildman–Crippen LogP) is 4.88. The van der Waals surface area contributed by atoms with Crippen LogP contribution in [-0.4, -0.2) is 5.78 Å². The summed E-state index contributed by atoms with van der Waals surface area (Å²) in [5, 5.41) is 0. The highest BCUT2D eigenvalue weighted by atomic mass is 19.1. The molecule has 0 N–H and O–H groups in total. The summed E-state index contributed by atoms with van der Waals surface area (Å²) < 4.78 is 23.8. The van der Waals surface area contributed by atoms with Gasteiger partial charge in [-0.05, 0) is 67.6 Å². The second-order valence-corrected chi connectivity index (χ2v) is 4.82. The van der Waals surface area contributed by atoms with Crippen molar-refractivity contribution in [3.05, 3.63) is 77.7 Å². The number of hydrogen-bond acceptors (Lipinski definition) is 3. The number of allylic oxidation sites excluding steroid dienone is 1. The van der Waals surface area contributed by atoms with Crippen molar-refractivity contribution in [3.63, 3.8) is 0 Å². The number of hydrogen-bond donors (Lipinski definition) is 0. The van der Waals surface area contributed by atoms with Gasteiger partial charge >= 0.3 is 0 Å². The van der Waals surface area contributed by atoms with E-state index in [4.69, 9.17) is 8.83 Å². The van der Waals surface area contributed by atoms with Gasteiger partial charge in [0.15, 0.2) is 5.76 Å². The van der Waals surface area contributed by atoms with Crippen molar-refractivity contribution in [2.45, 2.75) is 6.92 Å². The molecule has 4 heteroatoms. The first-order valence-electron chi connectivity index (χ1n) is 6.76. The molecule has 3 rings (SSSR count). The number of carbonyl (C=O) groups excluding carboxylic acids is 1. The Balaban J connectivity index is 1.75. The lowest BCUT2D eigenvalue weighted by Crippen LogP contribution is -1.90. The Kier molecular flexibility index (Phi) is 3.74. The first-order chi connectivity index (χ1) is 10.6. The fourth-order valence-electron chi connectivity index (χ4n) is 2.02. The van der Waals surface area contributed by atoms with Gasteiger partial charge in [0.05, 0.1) is 0 Å². The molecule has 110 valence electrons. The van der Waals surface area contributed by atoms with E-state index in [1.54, 1.807) is 49.4 Å². The highest BCUT2D eigenvalue weighted by Crippen LogP contribution is 2.23. The number of rotatable bonds is 4.